The molecule has 3 nitrogen and oxygen atoms in total. The van der Waals surface area contributed by atoms with Crippen LogP contribution in [0.4, 0.5) is 5.69 Å². The average molecular weight is 271 g/mol. The summed E-state index contributed by atoms with van der Waals surface area (Å²) in [7, 11) is 0. The number of nitrogens with two attached hydrogens (primary N) is 1. The van der Waals surface area contributed by atoms with Gasteiger partial charge in [0, 0.05) is 18.3 Å². The SMILES string of the molecule is CCc1ccccc1CNc1cnccc1C(N)=S. The van der Waals surface area contributed by atoms with Crippen LogP contribution in [0.25, 0.3) is 0 Å². The summed E-state index contributed by atoms with van der Waals surface area (Å²) in [5.41, 5.74) is 10.0. The fourth-order valence-electron chi connectivity index (χ4n) is 2.02. The van der Waals surface area contributed by atoms with E-state index in [-0.39, 0.29) is 0 Å². The molecule has 0 saturated heterocycles. The maximum Gasteiger partial charge on any atom is 0.106 e. The van der Waals surface area contributed by atoms with Gasteiger partial charge in [-0.05, 0) is 23.6 Å². The molecule has 4 heteroatoms. The maximum atomic E-state index is 5.70. The lowest BCUT2D eigenvalue weighted by Crippen LogP contribution is -2.13. The zero-order valence-corrected chi connectivity index (χ0v) is 11.7. The van der Waals surface area contributed by atoms with Gasteiger partial charge in [0.1, 0.15) is 4.99 Å². The highest BCUT2D eigenvalue weighted by molar-refractivity contribution is 7.80. The number of aromatic nitrogens is 1. The van der Waals surface area contributed by atoms with Crippen molar-refractivity contribution in [3.63, 3.8) is 0 Å². The van der Waals surface area contributed by atoms with Crippen LogP contribution >= 0.6 is 12.2 Å². The van der Waals surface area contributed by atoms with E-state index >= 15 is 0 Å². The monoisotopic (exact) mass is 271 g/mol. The molecule has 19 heavy (non-hydrogen) atoms. The number of thiocarbonyl (C=S) groups is 1. The van der Waals surface area contributed by atoms with Crippen molar-refractivity contribution >= 4 is 22.9 Å². The van der Waals surface area contributed by atoms with E-state index in [2.05, 4.69) is 35.4 Å². The molecule has 0 amide bonds. The van der Waals surface area contributed by atoms with Gasteiger partial charge in [-0.1, -0.05) is 43.4 Å². The first-order valence-corrected chi connectivity index (χ1v) is 6.67. The van der Waals surface area contributed by atoms with Crippen molar-refractivity contribution in [1.82, 2.24) is 4.98 Å². The molecule has 0 aliphatic heterocycles. The molecule has 3 N–H and O–H groups in total. The van der Waals surface area contributed by atoms with Crippen LogP contribution in [0.2, 0.25) is 0 Å². The van der Waals surface area contributed by atoms with Gasteiger partial charge in [-0.25, -0.2) is 0 Å². The normalized spacial score (nSPS) is 10.2. The Kier molecular flexibility index (Phi) is 4.47. The molecule has 0 radical (unpaired) electrons. The van der Waals surface area contributed by atoms with Gasteiger partial charge in [-0.2, -0.15) is 0 Å². The number of rotatable bonds is 5. The second kappa shape index (κ2) is 6.29. The zero-order chi connectivity index (χ0) is 13.7. The molecule has 0 aliphatic rings. The molecule has 0 saturated carbocycles. The fourth-order valence-corrected chi connectivity index (χ4v) is 2.19. The third-order valence-corrected chi connectivity index (χ3v) is 3.28. The van der Waals surface area contributed by atoms with E-state index < -0.39 is 0 Å². The minimum Gasteiger partial charge on any atom is -0.389 e. The summed E-state index contributed by atoms with van der Waals surface area (Å²) >= 11 is 5.04. The second-order valence-electron chi connectivity index (χ2n) is 4.26. The number of hydrogen-bond donors (Lipinski definition) is 2. The minimum absolute atomic E-state index is 0.383. The molecule has 0 atom stereocenters. The maximum absolute atomic E-state index is 5.70. The van der Waals surface area contributed by atoms with E-state index in [4.69, 9.17) is 18.0 Å². The summed E-state index contributed by atoms with van der Waals surface area (Å²) in [4.78, 5) is 4.49. The number of nitrogens with one attached hydrogen (secondary N) is 1. The molecule has 1 aromatic carbocycles. The van der Waals surface area contributed by atoms with Crippen molar-refractivity contribution in [2.45, 2.75) is 19.9 Å². The van der Waals surface area contributed by atoms with Gasteiger partial charge >= 0.3 is 0 Å². The number of benzene rings is 1. The number of hydrogen-bond acceptors (Lipinski definition) is 3. The van der Waals surface area contributed by atoms with E-state index in [1.807, 2.05) is 12.1 Å². The van der Waals surface area contributed by atoms with E-state index in [9.17, 15) is 0 Å². The van der Waals surface area contributed by atoms with Crippen LogP contribution in [0.3, 0.4) is 0 Å². The van der Waals surface area contributed by atoms with Crippen LogP contribution in [0.15, 0.2) is 42.7 Å². The van der Waals surface area contributed by atoms with Gasteiger partial charge in [0.05, 0.1) is 11.9 Å². The highest BCUT2D eigenvalue weighted by atomic mass is 32.1. The Bertz CT molecular complexity index is 581. The minimum atomic E-state index is 0.383. The predicted molar refractivity (Wildman–Crippen MR) is 83.3 cm³/mol. The topological polar surface area (TPSA) is 50.9 Å². The first-order chi connectivity index (χ1) is 9.22. The predicted octanol–water partition coefficient (Wildman–Crippen LogP) is 2.89. The van der Waals surface area contributed by atoms with Gasteiger partial charge in [0.2, 0.25) is 0 Å². The Hall–Kier alpha value is -1.94. The number of nitrogens with zero attached hydrogens (tertiary/aromatic N) is 1. The first kappa shape index (κ1) is 13.5. The molecule has 2 aromatic rings. The van der Waals surface area contributed by atoms with Gasteiger partial charge in [-0.3, -0.25) is 4.98 Å². The van der Waals surface area contributed by atoms with Crippen LogP contribution < -0.4 is 11.1 Å². The smallest absolute Gasteiger partial charge is 0.106 e. The number of pyridine rings is 1. The molecule has 0 fully saturated rings. The molecular weight excluding hydrogens is 254 g/mol. The van der Waals surface area contributed by atoms with Crippen LogP contribution in [-0.2, 0) is 13.0 Å². The largest absolute Gasteiger partial charge is 0.389 e. The van der Waals surface area contributed by atoms with Crippen LogP contribution in [0.1, 0.15) is 23.6 Å². The lowest BCUT2D eigenvalue weighted by Gasteiger charge is -2.12. The van der Waals surface area contributed by atoms with Gasteiger partial charge < -0.3 is 11.1 Å². The first-order valence-electron chi connectivity index (χ1n) is 6.26. The standard InChI is InChI=1S/C15H17N3S/c1-2-11-5-3-4-6-12(11)9-18-14-10-17-8-7-13(14)15(16)19/h3-8,10,18H,2,9H2,1H3,(H2,16,19). The van der Waals surface area contributed by atoms with Gasteiger partial charge in [0.25, 0.3) is 0 Å². The number of anilines is 1. The summed E-state index contributed by atoms with van der Waals surface area (Å²) < 4.78 is 0. The molecule has 0 spiro atoms. The summed E-state index contributed by atoms with van der Waals surface area (Å²) in [6.45, 7) is 2.90. The third-order valence-electron chi connectivity index (χ3n) is 3.06. The van der Waals surface area contributed by atoms with Crippen molar-refractivity contribution in [2.24, 2.45) is 5.73 Å². The Morgan fingerprint density at radius 1 is 1.26 bits per heavy atom. The summed E-state index contributed by atoms with van der Waals surface area (Å²) in [6, 6.07) is 10.2. The van der Waals surface area contributed by atoms with Crippen molar-refractivity contribution in [3.8, 4) is 0 Å². The van der Waals surface area contributed by atoms with Crippen LogP contribution in [0, 0.1) is 0 Å². The lowest BCUT2D eigenvalue weighted by molar-refractivity contribution is 1.04. The molecule has 0 unspecified atom stereocenters. The van der Waals surface area contributed by atoms with E-state index in [0.29, 0.717) is 4.99 Å². The number of aryl methyl sites for hydroxylation is 1. The Morgan fingerprint density at radius 2 is 2.00 bits per heavy atom. The van der Waals surface area contributed by atoms with Crippen LogP contribution in [0.5, 0.6) is 0 Å². The van der Waals surface area contributed by atoms with Crippen LogP contribution in [-0.4, -0.2) is 9.97 Å². The van der Waals surface area contributed by atoms with E-state index in [1.54, 1.807) is 12.4 Å². The quantitative estimate of drug-likeness (QED) is 0.821. The molecular formula is C15H17N3S. The highest BCUT2D eigenvalue weighted by Gasteiger charge is 2.05. The Morgan fingerprint density at radius 3 is 2.68 bits per heavy atom. The fraction of sp³-hybridized carbons (Fsp3) is 0.200. The Balaban J connectivity index is 2.17. The van der Waals surface area contributed by atoms with Gasteiger partial charge in [-0.15, -0.1) is 0 Å². The molecule has 0 bridgehead atoms. The molecule has 0 aliphatic carbocycles. The lowest BCUT2D eigenvalue weighted by atomic mass is 10.1. The zero-order valence-electron chi connectivity index (χ0n) is 10.9. The van der Waals surface area contributed by atoms with Gasteiger partial charge in [0.15, 0.2) is 0 Å². The Labute approximate surface area is 118 Å². The van der Waals surface area contributed by atoms with Crippen molar-refractivity contribution in [3.05, 3.63) is 59.4 Å². The van der Waals surface area contributed by atoms with E-state index in [1.165, 1.54) is 11.1 Å². The molecule has 98 valence electrons. The second-order valence-corrected chi connectivity index (χ2v) is 4.70. The summed E-state index contributed by atoms with van der Waals surface area (Å²) in [5.74, 6) is 0. The molecule has 1 aromatic heterocycles. The molecule has 1 heterocycles. The highest BCUT2D eigenvalue weighted by Crippen LogP contribution is 2.16. The summed E-state index contributed by atoms with van der Waals surface area (Å²) in [5, 5.41) is 3.36. The van der Waals surface area contributed by atoms with Crippen molar-refractivity contribution in [2.75, 3.05) is 5.32 Å². The summed E-state index contributed by atoms with van der Waals surface area (Å²) in [6.07, 6.45) is 4.47. The average Bonchev–Trinajstić information content (AvgIpc) is 2.45. The van der Waals surface area contributed by atoms with Crippen molar-refractivity contribution < 1.29 is 0 Å². The van der Waals surface area contributed by atoms with E-state index in [0.717, 1.165) is 24.2 Å². The van der Waals surface area contributed by atoms with Crippen molar-refractivity contribution in [1.29, 1.82) is 0 Å². The molecule has 2 rings (SSSR count). The third kappa shape index (κ3) is 3.29.